The van der Waals surface area contributed by atoms with Crippen molar-refractivity contribution in [3.05, 3.63) is 28.8 Å². The van der Waals surface area contributed by atoms with Crippen LogP contribution in [0.4, 0.5) is 0 Å². The van der Waals surface area contributed by atoms with Gasteiger partial charge in [0, 0.05) is 5.56 Å². The van der Waals surface area contributed by atoms with E-state index in [1.54, 1.807) is 18.2 Å². The van der Waals surface area contributed by atoms with Crippen molar-refractivity contribution in [3.8, 4) is 5.75 Å². The number of rotatable bonds is 6. The highest BCUT2D eigenvalue weighted by atomic mass is 35.5. The van der Waals surface area contributed by atoms with Crippen LogP contribution in [0.25, 0.3) is 0 Å². The second kappa shape index (κ2) is 7.11. The summed E-state index contributed by atoms with van der Waals surface area (Å²) in [6.45, 7) is 5.00. The summed E-state index contributed by atoms with van der Waals surface area (Å²) < 4.78 is 5.58. The van der Waals surface area contributed by atoms with E-state index in [-0.39, 0.29) is 5.84 Å². The summed E-state index contributed by atoms with van der Waals surface area (Å²) >= 11 is 6.05. The predicted molar refractivity (Wildman–Crippen MR) is 73.5 cm³/mol. The van der Waals surface area contributed by atoms with E-state index in [9.17, 15) is 0 Å². The molecule has 0 aliphatic heterocycles. The van der Waals surface area contributed by atoms with Gasteiger partial charge >= 0.3 is 0 Å². The molecular weight excluding hydrogens is 252 g/mol. The molecule has 0 saturated heterocycles. The molecule has 18 heavy (non-hydrogen) atoms. The van der Waals surface area contributed by atoms with Gasteiger partial charge in [0.05, 0.1) is 11.6 Å². The number of halogens is 1. The molecule has 0 fully saturated rings. The van der Waals surface area contributed by atoms with Crippen LogP contribution in [0, 0.1) is 5.92 Å². The van der Waals surface area contributed by atoms with Crippen LogP contribution in [0.1, 0.15) is 32.3 Å². The van der Waals surface area contributed by atoms with Gasteiger partial charge in [-0.15, -0.1) is 0 Å². The molecule has 1 aromatic rings. The van der Waals surface area contributed by atoms with E-state index >= 15 is 0 Å². The van der Waals surface area contributed by atoms with E-state index in [1.165, 1.54) is 0 Å². The molecule has 0 bridgehead atoms. The Morgan fingerprint density at radius 2 is 2.22 bits per heavy atom. The first-order valence-electron chi connectivity index (χ1n) is 5.95. The van der Waals surface area contributed by atoms with Crippen LogP contribution >= 0.6 is 11.6 Å². The molecule has 0 amide bonds. The third-order valence-electron chi connectivity index (χ3n) is 2.52. The topological polar surface area (TPSA) is 67.8 Å². The number of nitrogens with two attached hydrogens (primary N) is 1. The smallest absolute Gasteiger partial charge is 0.170 e. The maximum atomic E-state index is 8.56. The molecule has 0 aromatic heterocycles. The van der Waals surface area contributed by atoms with Crippen LogP contribution in [0.5, 0.6) is 5.75 Å². The van der Waals surface area contributed by atoms with Crippen LogP contribution in [-0.2, 0) is 0 Å². The molecule has 0 radical (unpaired) electrons. The monoisotopic (exact) mass is 270 g/mol. The minimum Gasteiger partial charge on any atom is -0.492 e. The second-order valence-corrected chi connectivity index (χ2v) is 4.92. The Morgan fingerprint density at radius 1 is 1.50 bits per heavy atom. The van der Waals surface area contributed by atoms with Gasteiger partial charge in [-0.05, 0) is 37.0 Å². The van der Waals surface area contributed by atoms with E-state index in [4.69, 9.17) is 27.3 Å². The van der Waals surface area contributed by atoms with Crippen molar-refractivity contribution in [3.63, 3.8) is 0 Å². The lowest BCUT2D eigenvalue weighted by Gasteiger charge is -2.10. The van der Waals surface area contributed by atoms with Crippen molar-refractivity contribution < 1.29 is 9.94 Å². The summed E-state index contributed by atoms with van der Waals surface area (Å²) in [5.74, 6) is 1.32. The lowest BCUT2D eigenvalue weighted by molar-refractivity contribution is 0.298. The number of hydrogen-bond acceptors (Lipinski definition) is 3. The van der Waals surface area contributed by atoms with Gasteiger partial charge in [0.1, 0.15) is 5.75 Å². The summed E-state index contributed by atoms with van der Waals surface area (Å²) in [5, 5.41) is 11.9. The van der Waals surface area contributed by atoms with E-state index in [0.717, 1.165) is 12.8 Å². The fourth-order valence-corrected chi connectivity index (χ4v) is 1.74. The highest BCUT2D eigenvalue weighted by molar-refractivity contribution is 6.32. The maximum Gasteiger partial charge on any atom is 0.170 e. The Morgan fingerprint density at radius 3 is 2.78 bits per heavy atom. The van der Waals surface area contributed by atoms with Gasteiger partial charge in [-0.2, -0.15) is 0 Å². The zero-order chi connectivity index (χ0) is 13.5. The van der Waals surface area contributed by atoms with Gasteiger partial charge in [-0.1, -0.05) is 30.6 Å². The van der Waals surface area contributed by atoms with Gasteiger partial charge < -0.3 is 15.7 Å². The average Bonchev–Trinajstić information content (AvgIpc) is 2.34. The lowest BCUT2D eigenvalue weighted by Crippen LogP contribution is -2.13. The van der Waals surface area contributed by atoms with E-state index < -0.39 is 0 Å². The summed E-state index contributed by atoms with van der Waals surface area (Å²) in [7, 11) is 0. The fraction of sp³-hybridized carbons (Fsp3) is 0.462. The predicted octanol–water partition coefficient (Wildman–Crippen LogP) is 3.25. The highest BCUT2D eigenvalue weighted by Crippen LogP contribution is 2.25. The molecular formula is C13H19ClN2O2. The standard InChI is InChI=1S/C13H19ClN2O2/c1-9(2)4-3-7-18-12-6-5-10(8-11(12)14)13(15)16-17/h5-6,8-9,17H,3-4,7H2,1-2H3,(H2,15,16). The number of nitrogens with zero attached hydrogens (tertiary/aromatic N) is 1. The van der Waals surface area contributed by atoms with Crippen LogP contribution in [0.15, 0.2) is 23.4 Å². The number of benzene rings is 1. The molecule has 0 heterocycles. The van der Waals surface area contributed by atoms with Crippen LogP contribution in [0.3, 0.4) is 0 Å². The van der Waals surface area contributed by atoms with Crippen molar-refractivity contribution in [2.75, 3.05) is 6.61 Å². The molecule has 0 atom stereocenters. The van der Waals surface area contributed by atoms with Crippen molar-refractivity contribution in [1.29, 1.82) is 0 Å². The Balaban J connectivity index is 2.58. The Hall–Kier alpha value is -1.42. The van der Waals surface area contributed by atoms with Gasteiger partial charge in [0.15, 0.2) is 5.84 Å². The first kappa shape index (κ1) is 14.6. The molecule has 5 heteroatoms. The third kappa shape index (κ3) is 4.45. The molecule has 0 aliphatic rings. The molecule has 0 aliphatic carbocycles. The third-order valence-corrected chi connectivity index (χ3v) is 2.81. The minimum absolute atomic E-state index is 0.0308. The highest BCUT2D eigenvalue weighted by Gasteiger charge is 2.06. The Kier molecular flexibility index (Phi) is 5.78. The number of hydrogen-bond donors (Lipinski definition) is 2. The average molecular weight is 271 g/mol. The summed E-state index contributed by atoms with van der Waals surface area (Å²) in [6.07, 6.45) is 2.12. The lowest BCUT2D eigenvalue weighted by atomic mass is 10.1. The molecule has 0 saturated carbocycles. The van der Waals surface area contributed by atoms with Crippen LogP contribution < -0.4 is 10.5 Å². The quantitative estimate of drug-likeness (QED) is 0.274. The van der Waals surface area contributed by atoms with Crippen molar-refractivity contribution in [1.82, 2.24) is 0 Å². The normalized spacial score (nSPS) is 11.9. The van der Waals surface area contributed by atoms with Gasteiger partial charge in [0.2, 0.25) is 0 Å². The Bertz CT molecular complexity index is 419. The van der Waals surface area contributed by atoms with Gasteiger partial charge in [-0.3, -0.25) is 0 Å². The van der Waals surface area contributed by atoms with Gasteiger partial charge in [0.25, 0.3) is 0 Å². The van der Waals surface area contributed by atoms with E-state index in [0.29, 0.717) is 28.9 Å². The Labute approximate surface area is 112 Å². The fourth-order valence-electron chi connectivity index (χ4n) is 1.51. The number of ether oxygens (including phenoxy) is 1. The molecule has 1 rings (SSSR count). The minimum atomic E-state index is 0.0308. The van der Waals surface area contributed by atoms with Crippen molar-refractivity contribution >= 4 is 17.4 Å². The first-order chi connectivity index (χ1) is 8.54. The van der Waals surface area contributed by atoms with Crippen LogP contribution in [-0.4, -0.2) is 17.6 Å². The summed E-state index contributed by atoms with van der Waals surface area (Å²) in [6, 6.07) is 5.05. The van der Waals surface area contributed by atoms with Gasteiger partial charge in [-0.25, -0.2) is 0 Å². The molecule has 0 spiro atoms. The molecule has 100 valence electrons. The molecule has 0 unspecified atom stereocenters. The van der Waals surface area contributed by atoms with Crippen molar-refractivity contribution in [2.45, 2.75) is 26.7 Å². The number of amidine groups is 1. The first-order valence-corrected chi connectivity index (χ1v) is 6.32. The number of oxime groups is 1. The molecule has 4 nitrogen and oxygen atoms in total. The SMILES string of the molecule is CC(C)CCCOc1ccc(C(N)=NO)cc1Cl. The van der Waals surface area contributed by atoms with Crippen LogP contribution in [0.2, 0.25) is 5.02 Å². The molecule has 3 N–H and O–H groups in total. The second-order valence-electron chi connectivity index (χ2n) is 4.51. The van der Waals surface area contributed by atoms with E-state index in [2.05, 4.69) is 19.0 Å². The zero-order valence-corrected chi connectivity index (χ0v) is 11.4. The van der Waals surface area contributed by atoms with E-state index in [1.807, 2.05) is 0 Å². The van der Waals surface area contributed by atoms with Crippen molar-refractivity contribution in [2.24, 2.45) is 16.8 Å². The largest absolute Gasteiger partial charge is 0.492 e. The maximum absolute atomic E-state index is 8.56. The summed E-state index contributed by atoms with van der Waals surface area (Å²) in [4.78, 5) is 0. The summed E-state index contributed by atoms with van der Waals surface area (Å²) in [5.41, 5.74) is 6.04. The zero-order valence-electron chi connectivity index (χ0n) is 10.7. The molecule has 1 aromatic carbocycles.